The van der Waals surface area contributed by atoms with Crippen LogP contribution in [0.15, 0.2) is 91.6 Å². The van der Waals surface area contributed by atoms with E-state index >= 15 is 0 Å². The lowest BCUT2D eigenvalue weighted by atomic mass is 9.70. The highest BCUT2D eigenvalue weighted by Crippen LogP contribution is 2.45. The molecule has 0 spiro atoms. The SMILES string of the molecule is C=CCOc1ccc([C@](C)(c2ccccc2)c2c[nH]c3ccccc23)c(O)c1. The first-order chi connectivity index (χ1) is 13.6. The number of nitrogens with one attached hydrogen (secondary N) is 1. The maximum atomic E-state index is 10.9. The number of hydrogen-bond donors (Lipinski definition) is 2. The summed E-state index contributed by atoms with van der Waals surface area (Å²) in [5, 5.41) is 12.1. The van der Waals surface area contributed by atoms with Crippen molar-refractivity contribution in [3.05, 3.63) is 108 Å². The first-order valence-corrected chi connectivity index (χ1v) is 9.34. The molecule has 4 rings (SSSR count). The van der Waals surface area contributed by atoms with Gasteiger partial charge in [0.1, 0.15) is 18.1 Å². The van der Waals surface area contributed by atoms with Crippen LogP contribution in [0.25, 0.3) is 10.9 Å². The molecule has 0 unspecified atom stereocenters. The van der Waals surface area contributed by atoms with Gasteiger partial charge in [-0.15, -0.1) is 0 Å². The topological polar surface area (TPSA) is 45.2 Å². The standard InChI is InChI=1S/C25H23NO2/c1-3-15-28-19-13-14-21(24(27)16-19)25(2,18-9-5-4-6-10-18)22-17-26-23-12-8-7-11-20(22)23/h3-14,16-17,26-27H,1,15H2,2H3/t25-/m0/s1. The zero-order chi connectivity index (χ0) is 19.6. The van der Waals surface area contributed by atoms with Gasteiger partial charge in [0.15, 0.2) is 0 Å². The van der Waals surface area contributed by atoms with Gasteiger partial charge in [-0.05, 0) is 30.2 Å². The molecule has 0 amide bonds. The van der Waals surface area contributed by atoms with E-state index in [9.17, 15) is 5.11 Å². The molecule has 1 aromatic heterocycles. The lowest BCUT2D eigenvalue weighted by Crippen LogP contribution is -2.25. The van der Waals surface area contributed by atoms with E-state index < -0.39 is 5.41 Å². The largest absolute Gasteiger partial charge is 0.507 e. The molecule has 0 fully saturated rings. The molecular formula is C25H23NO2. The molecule has 2 N–H and O–H groups in total. The summed E-state index contributed by atoms with van der Waals surface area (Å²) in [6.07, 6.45) is 3.73. The molecule has 1 atom stereocenters. The van der Waals surface area contributed by atoms with Crippen LogP contribution in [-0.4, -0.2) is 16.7 Å². The second kappa shape index (κ2) is 7.28. The van der Waals surface area contributed by atoms with E-state index in [1.165, 1.54) is 0 Å². The smallest absolute Gasteiger partial charge is 0.123 e. The van der Waals surface area contributed by atoms with Gasteiger partial charge in [0, 0.05) is 34.1 Å². The molecule has 0 aliphatic rings. The number of benzene rings is 3. The minimum atomic E-state index is -0.540. The van der Waals surface area contributed by atoms with E-state index in [-0.39, 0.29) is 5.75 Å². The Balaban J connectivity index is 1.94. The van der Waals surface area contributed by atoms with E-state index in [1.54, 1.807) is 12.1 Å². The Bertz CT molecular complexity index is 1110. The monoisotopic (exact) mass is 369 g/mol. The third-order valence-electron chi connectivity index (χ3n) is 5.35. The number of aromatic amines is 1. The Morgan fingerprint density at radius 3 is 2.50 bits per heavy atom. The number of phenols is 1. The Morgan fingerprint density at radius 1 is 1.00 bits per heavy atom. The predicted octanol–water partition coefficient (Wildman–Crippen LogP) is 5.79. The molecule has 3 aromatic carbocycles. The van der Waals surface area contributed by atoms with Crippen LogP contribution in [0.4, 0.5) is 0 Å². The summed E-state index contributed by atoms with van der Waals surface area (Å²) in [6, 6.07) is 24.0. The highest BCUT2D eigenvalue weighted by atomic mass is 16.5. The van der Waals surface area contributed by atoms with Crippen LogP contribution in [0, 0.1) is 0 Å². The lowest BCUT2D eigenvalue weighted by molar-refractivity contribution is 0.358. The minimum Gasteiger partial charge on any atom is -0.507 e. The van der Waals surface area contributed by atoms with E-state index in [2.05, 4.69) is 42.8 Å². The van der Waals surface area contributed by atoms with E-state index in [0.29, 0.717) is 12.4 Å². The first kappa shape index (κ1) is 17.9. The van der Waals surface area contributed by atoms with Gasteiger partial charge in [-0.2, -0.15) is 0 Å². The maximum Gasteiger partial charge on any atom is 0.123 e. The van der Waals surface area contributed by atoms with Crippen LogP contribution >= 0.6 is 0 Å². The van der Waals surface area contributed by atoms with Gasteiger partial charge in [0.2, 0.25) is 0 Å². The van der Waals surface area contributed by atoms with Crippen LogP contribution in [0.1, 0.15) is 23.6 Å². The third kappa shape index (κ3) is 2.95. The van der Waals surface area contributed by atoms with E-state index in [4.69, 9.17) is 4.74 Å². The summed E-state index contributed by atoms with van der Waals surface area (Å²) in [5.74, 6) is 0.827. The Hall–Kier alpha value is -3.46. The van der Waals surface area contributed by atoms with Gasteiger partial charge in [-0.1, -0.05) is 67.3 Å². The molecule has 0 aliphatic carbocycles. The van der Waals surface area contributed by atoms with Crippen molar-refractivity contribution in [3.8, 4) is 11.5 Å². The molecule has 0 saturated heterocycles. The van der Waals surface area contributed by atoms with Gasteiger partial charge in [-0.25, -0.2) is 0 Å². The molecule has 3 heteroatoms. The summed E-state index contributed by atoms with van der Waals surface area (Å²) in [7, 11) is 0. The van der Waals surface area contributed by atoms with Gasteiger partial charge in [0.25, 0.3) is 0 Å². The zero-order valence-corrected chi connectivity index (χ0v) is 15.9. The van der Waals surface area contributed by atoms with Crippen molar-refractivity contribution in [2.45, 2.75) is 12.3 Å². The van der Waals surface area contributed by atoms with E-state index in [0.717, 1.165) is 27.6 Å². The first-order valence-electron chi connectivity index (χ1n) is 9.34. The average molecular weight is 369 g/mol. The normalized spacial score (nSPS) is 13.2. The molecule has 1 heterocycles. The summed E-state index contributed by atoms with van der Waals surface area (Å²) in [5.41, 5.74) is 3.58. The van der Waals surface area contributed by atoms with Gasteiger partial charge in [0.05, 0.1) is 0 Å². The number of hydrogen-bond acceptors (Lipinski definition) is 2. The Morgan fingerprint density at radius 2 is 1.75 bits per heavy atom. The fourth-order valence-electron chi connectivity index (χ4n) is 3.89. The lowest BCUT2D eigenvalue weighted by Gasteiger charge is -2.32. The van der Waals surface area contributed by atoms with Crippen LogP contribution in [0.3, 0.4) is 0 Å². The number of aromatic nitrogens is 1. The number of aromatic hydroxyl groups is 1. The van der Waals surface area contributed by atoms with Crippen molar-refractivity contribution >= 4 is 10.9 Å². The molecular weight excluding hydrogens is 346 g/mol. The molecule has 0 saturated carbocycles. The number of fused-ring (bicyclic) bond motifs is 1. The molecule has 3 nitrogen and oxygen atoms in total. The van der Waals surface area contributed by atoms with Crippen molar-refractivity contribution in [2.24, 2.45) is 0 Å². The quantitative estimate of drug-likeness (QED) is 0.422. The van der Waals surface area contributed by atoms with Crippen molar-refractivity contribution < 1.29 is 9.84 Å². The van der Waals surface area contributed by atoms with Crippen molar-refractivity contribution in [1.29, 1.82) is 0 Å². The highest BCUT2D eigenvalue weighted by Gasteiger charge is 2.35. The second-order valence-electron chi connectivity index (χ2n) is 7.02. The van der Waals surface area contributed by atoms with Crippen molar-refractivity contribution in [3.63, 3.8) is 0 Å². The number of phenolic OH excluding ortho intramolecular Hbond substituents is 1. The highest BCUT2D eigenvalue weighted by molar-refractivity contribution is 5.86. The predicted molar refractivity (Wildman–Crippen MR) is 114 cm³/mol. The summed E-state index contributed by atoms with van der Waals surface area (Å²) in [4.78, 5) is 3.37. The molecule has 28 heavy (non-hydrogen) atoms. The fraction of sp³-hybridized carbons (Fsp3) is 0.120. The average Bonchev–Trinajstić information content (AvgIpc) is 3.17. The molecule has 140 valence electrons. The summed E-state index contributed by atoms with van der Waals surface area (Å²) < 4.78 is 5.59. The summed E-state index contributed by atoms with van der Waals surface area (Å²) >= 11 is 0. The molecule has 4 aromatic rings. The number of para-hydroxylation sites is 1. The Kier molecular flexibility index (Phi) is 4.66. The zero-order valence-electron chi connectivity index (χ0n) is 15.9. The Labute approximate surface area is 164 Å². The van der Waals surface area contributed by atoms with Crippen LogP contribution in [0.5, 0.6) is 11.5 Å². The van der Waals surface area contributed by atoms with Crippen LogP contribution in [-0.2, 0) is 5.41 Å². The van der Waals surface area contributed by atoms with Crippen LogP contribution in [0.2, 0.25) is 0 Å². The second-order valence-corrected chi connectivity index (χ2v) is 7.02. The molecule has 0 aliphatic heterocycles. The maximum absolute atomic E-state index is 10.9. The number of H-pyrrole nitrogens is 1. The third-order valence-corrected chi connectivity index (χ3v) is 5.35. The van der Waals surface area contributed by atoms with Gasteiger partial charge < -0.3 is 14.8 Å². The minimum absolute atomic E-state index is 0.207. The number of rotatable bonds is 6. The fourth-order valence-corrected chi connectivity index (χ4v) is 3.89. The summed E-state index contributed by atoms with van der Waals surface area (Å²) in [6.45, 7) is 6.22. The van der Waals surface area contributed by atoms with E-state index in [1.807, 2.05) is 48.7 Å². The van der Waals surface area contributed by atoms with Crippen molar-refractivity contribution in [2.75, 3.05) is 6.61 Å². The van der Waals surface area contributed by atoms with Crippen LogP contribution < -0.4 is 4.74 Å². The van der Waals surface area contributed by atoms with Crippen molar-refractivity contribution in [1.82, 2.24) is 4.98 Å². The molecule has 0 radical (unpaired) electrons. The van der Waals surface area contributed by atoms with Gasteiger partial charge >= 0.3 is 0 Å². The molecule has 0 bridgehead atoms. The number of ether oxygens (including phenoxy) is 1. The van der Waals surface area contributed by atoms with Gasteiger partial charge in [-0.3, -0.25) is 0 Å².